The zero-order valence-corrected chi connectivity index (χ0v) is 19.1. The Morgan fingerprint density at radius 2 is 1.82 bits per heavy atom. The van der Waals surface area contributed by atoms with Gasteiger partial charge in [-0.25, -0.2) is 14.5 Å². The van der Waals surface area contributed by atoms with Crippen LogP contribution in [0.15, 0.2) is 59.5 Å². The highest BCUT2D eigenvalue weighted by Crippen LogP contribution is 2.25. The van der Waals surface area contributed by atoms with Gasteiger partial charge in [0.2, 0.25) is 5.91 Å². The lowest BCUT2D eigenvalue weighted by atomic mass is 9.92. The zero-order valence-electron chi connectivity index (χ0n) is 19.1. The van der Waals surface area contributed by atoms with Crippen molar-refractivity contribution in [3.8, 4) is 5.69 Å². The van der Waals surface area contributed by atoms with E-state index in [1.54, 1.807) is 4.57 Å². The number of hydrogen-bond donors (Lipinski definition) is 1. The molecule has 0 aliphatic carbocycles. The molecule has 1 amide bonds. The molecule has 0 atom stereocenters. The molecule has 1 aliphatic rings. The Morgan fingerprint density at radius 1 is 1.09 bits per heavy atom. The van der Waals surface area contributed by atoms with E-state index in [1.807, 2.05) is 55.3 Å². The molecule has 4 aromatic rings. The summed E-state index contributed by atoms with van der Waals surface area (Å²) in [5.74, 6) is 1.33. The van der Waals surface area contributed by atoms with Crippen LogP contribution < -0.4 is 5.69 Å². The number of aromatic amines is 1. The van der Waals surface area contributed by atoms with Gasteiger partial charge in [-0.3, -0.25) is 4.79 Å². The summed E-state index contributed by atoms with van der Waals surface area (Å²) in [7, 11) is 2.02. The molecule has 0 saturated carbocycles. The van der Waals surface area contributed by atoms with E-state index >= 15 is 0 Å². The van der Waals surface area contributed by atoms with E-state index in [-0.39, 0.29) is 11.6 Å². The fourth-order valence-corrected chi connectivity index (χ4v) is 5.02. The van der Waals surface area contributed by atoms with Crippen LogP contribution in [0.3, 0.4) is 0 Å². The number of piperidine rings is 1. The molecule has 0 spiro atoms. The molecular formula is C26H29N5O2. The topological polar surface area (TPSA) is 75.9 Å². The van der Waals surface area contributed by atoms with E-state index in [1.165, 1.54) is 0 Å². The van der Waals surface area contributed by atoms with E-state index in [2.05, 4.69) is 33.1 Å². The van der Waals surface area contributed by atoms with Gasteiger partial charge >= 0.3 is 5.69 Å². The maximum Gasteiger partial charge on any atom is 0.347 e. The van der Waals surface area contributed by atoms with Gasteiger partial charge in [-0.15, -0.1) is 0 Å². The molecule has 1 N–H and O–H groups in total. The van der Waals surface area contributed by atoms with Crippen molar-refractivity contribution >= 4 is 16.8 Å². The molecule has 0 radical (unpaired) electrons. The number of H-pyrrole nitrogens is 1. The molecule has 1 aliphatic heterocycles. The predicted octanol–water partition coefficient (Wildman–Crippen LogP) is 3.38. The zero-order chi connectivity index (χ0) is 22.9. The molecule has 0 bridgehead atoms. The third-order valence-corrected chi connectivity index (χ3v) is 6.86. The van der Waals surface area contributed by atoms with Crippen molar-refractivity contribution in [1.82, 2.24) is 24.2 Å². The predicted molar refractivity (Wildman–Crippen MR) is 129 cm³/mol. The minimum absolute atomic E-state index is 0.182. The van der Waals surface area contributed by atoms with Gasteiger partial charge in [0, 0.05) is 43.7 Å². The average Bonchev–Trinajstić information content (AvgIpc) is 3.34. The molecular weight excluding hydrogens is 414 g/mol. The molecule has 5 rings (SSSR count). The van der Waals surface area contributed by atoms with Crippen molar-refractivity contribution in [3.63, 3.8) is 0 Å². The fraction of sp³-hybridized carbons (Fsp3) is 0.346. The van der Waals surface area contributed by atoms with Gasteiger partial charge in [0.25, 0.3) is 0 Å². The molecule has 2 aromatic heterocycles. The maximum atomic E-state index is 13.0. The molecule has 0 unspecified atom stereocenters. The first-order chi connectivity index (χ1) is 16.0. The van der Waals surface area contributed by atoms with Gasteiger partial charge in [-0.1, -0.05) is 36.4 Å². The number of nitrogens with one attached hydrogen (secondary N) is 1. The number of hydrogen-bond acceptors (Lipinski definition) is 3. The van der Waals surface area contributed by atoms with Crippen LogP contribution in [-0.2, 0) is 24.7 Å². The van der Waals surface area contributed by atoms with Crippen molar-refractivity contribution in [1.29, 1.82) is 0 Å². The molecule has 3 heterocycles. The average molecular weight is 444 g/mol. The second kappa shape index (κ2) is 8.73. The first-order valence-electron chi connectivity index (χ1n) is 11.5. The Labute approximate surface area is 192 Å². The first kappa shape index (κ1) is 21.2. The van der Waals surface area contributed by atoms with Crippen LogP contribution in [0, 0.1) is 12.8 Å². The smallest absolute Gasteiger partial charge is 0.347 e. The van der Waals surface area contributed by atoms with E-state index in [0.717, 1.165) is 65.9 Å². The van der Waals surface area contributed by atoms with Crippen molar-refractivity contribution in [2.75, 3.05) is 13.1 Å². The number of fused-ring (bicyclic) bond motifs is 1. The van der Waals surface area contributed by atoms with Crippen molar-refractivity contribution < 1.29 is 4.79 Å². The Morgan fingerprint density at radius 3 is 2.61 bits per heavy atom. The summed E-state index contributed by atoms with van der Waals surface area (Å²) < 4.78 is 3.77. The molecule has 7 nitrogen and oxygen atoms in total. The Hall–Kier alpha value is -3.61. The highest BCUT2D eigenvalue weighted by molar-refractivity contribution is 5.89. The van der Waals surface area contributed by atoms with E-state index < -0.39 is 0 Å². The SMILES string of the molecule is Cc1ccccc1-n1c(CC2CCN(C(=O)Cc3cn(C)c4ccccc34)CC2)n[nH]c1=O. The Kier molecular flexibility index (Phi) is 5.62. The number of benzene rings is 2. The number of carbonyl (C=O) groups excluding carboxylic acids is 1. The van der Waals surface area contributed by atoms with Gasteiger partial charge in [-0.05, 0) is 48.9 Å². The van der Waals surface area contributed by atoms with Crippen LogP contribution in [0.1, 0.15) is 29.8 Å². The number of para-hydroxylation sites is 2. The largest absolute Gasteiger partial charge is 0.350 e. The van der Waals surface area contributed by atoms with Crippen LogP contribution >= 0.6 is 0 Å². The van der Waals surface area contributed by atoms with Crippen LogP contribution in [-0.4, -0.2) is 43.2 Å². The van der Waals surface area contributed by atoms with Crippen molar-refractivity contribution in [2.45, 2.75) is 32.6 Å². The molecule has 170 valence electrons. The van der Waals surface area contributed by atoms with Crippen LogP contribution in [0.4, 0.5) is 0 Å². The number of amides is 1. The highest BCUT2D eigenvalue weighted by atomic mass is 16.2. The summed E-state index contributed by atoms with van der Waals surface area (Å²) in [6, 6.07) is 16.1. The van der Waals surface area contributed by atoms with E-state index in [4.69, 9.17) is 0 Å². The van der Waals surface area contributed by atoms with Crippen LogP contribution in [0.5, 0.6) is 0 Å². The fourth-order valence-electron chi connectivity index (χ4n) is 5.02. The third-order valence-electron chi connectivity index (χ3n) is 6.86. The molecule has 1 saturated heterocycles. The van der Waals surface area contributed by atoms with Crippen LogP contribution in [0.25, 0.3) is 16.6 Å². The summed E-state index contributed by atoms with van der Waals surface area (Å²) in [6.45, 7) is 3.49. The normalized spacial score (nSPS) is 14.8. The highest BCUT2D eigenvalue weighted by Gasteiger charge is 2.25. The molecule has 1 fully saturated rings. The minimum atomic E-state index is -0.206. The second-order valence-electron chi connectivity index (χ2n) is 9.05. The summed E-state index contributed by atoms with van der Waals surface area (Å²) >= 11 is 0. The number of carbonyl (C=O) groups is 1. The minimum Gasteiger partial charge on any atom is -0.350 e. The summed E-state index contributed by atoms with van der Waals surface area (Å²) in [5.41, 5.74) is 3.93. The van der Waals surface area contributed by atoms with Crippen molar-refractivity contribution in [2.24, 2.45) is 13.0 Å². The van der Waals surface area contributed by atoms with E-state index in [9.17, 15) is 9.59 Å². The summed E-state index contributed by atoms with van der Waals surface area (Å²) in [5, 5.41) is 8.07. The second-order valence-corrected chi connectivity index (χ2v) is 9.05. The lowest BCUT2D eigenvalue weighted by Crippen LogP contribution is -2.39. The summed E-state index contributed by atoms with van der Waals surface area (Å²) in [4.78, 5) is 27.4. The Bertz CT molecular complexity index is 1350. The lowest BCUT2D eigenvalue weighted by Gasteiger charge is -2.32. The quantitative estimate of drug-likeness (QED) is 0.514. The monoisotopic (exact) mass is 443 g/mol. The van der Waals surface area contributed by atoms with Gasteiger partial charge in [0.15, 0.2) is 0 Å². The standard InChI is InChI=1S/C26H29N5O2/c1-18-7-3-5-9-22(18)31-24(27-28-26(31)33)15-19-11-13-30(14-12-19)25(32)16-20-17-29(2)23-10-6-4-8-21(20)23/h3-10,17,19H,11-16H2,1-2H3,(H,28,33). The molecule has 7 heteroatoms. The molecule has 33 heavy (non-hydrogen) atoms. The van der Waals surface area contributed by atoms with Gasteiger partial charge < -0.3 is 9.47 Å². The number of aromatic nitrogens is 4. The number of nitrogens with zero attached hydrogens (tertiary/aromatic N) is 4. The van der Waals surface area contributed by atoms with Crippen LogP contribution in [0.2, 0.25) is 0 Å². The number of aryl methyl sites for hydroxylation is 2. The maximum absolute atomic E-state index is 13.0. The lowest BCUT2D eigenvalue weighted by molar-refractivity contribution is -0.131. The Balaban J connectivity index is 1.24. The summed E-state index contributed by atoms with van der Waals surface area (Å²) in [6.07, 6.45) is 5.04. The van der Waals surface area contributed by atoms with E-state index in [0.29, 0.717) is 12.3 Å². The number of likely N-dealkylation sites (tertiary alicyclic amines) is 1. The first-order valence-corrected chi connectivity index (χ1v) is 11.5. The van der Waals surface area contributed by atoms with Gasteiger partial charge in [0.1, 0.15) is 5.82 Å². The number of rotatable bonds is 5. The molecule has 2 aromatic carbocycles. The van der Waals surface area contributed by atoms with Gasteiger partial charge in [-0.2, -0.15) is 5.10 Å². The van der Waals surface area contributed by atoms with Gasteiger partial charge in [0.05, 0.1) is 12.1 Å². The third kappa shape index (κ3) is 4.11. The van der Waals surface area contributed by atoms with Crippen molar-refractivity contribution in [3.05, 3.63) is 82.2 Å².